The van der Waals surface area contributed by atoms with Crippen molar-refractivity contribution in [2.24, 2.45) is 5.92 Å². The van der Waals surface area contributed by atoms with Gasteiger partial charge >= 0.3 is 0 Å². The molecule has 1 heteroatoms. The van der Waals surface area contributed by atoms with Crippen molar-refractivity contribution in [1.82, 2.24) is 0 Å². The van der Waals surface area contributed by atoms with Crippen molar-refractivity contribution in [3.63, 3.8) is 0 Å². The Morgan fingerprint density at radius 3 is 2.44 bits per heavy atom. The van der Waals surface area contributed by atoms with Crippen LogP contribution >= 0.6 is 0 Å². The lowest BCUT2D eigenvalue weighted by Gasteiger charge is -2.01. The van der Waals surface area contributed by atoms with E-state index in [1.54, 1.807) is 6.08 Å². The van der Waals surface area contributed by atoms with Gasteiger partial charge in [0.2, 0.25) is 0 Å². The Balaban J connectivity index is 3.61. The molecule has 0 aliphatic rings. The Morgan fingerprint density at radius 2 is 2.11 bits per heavy atom. The van der Waals surface area contributed by atoms with Crippen LogP contribution in [0.5, 0.6) is 0 Å². The first-order chi connectivity index (χ1) is 4.16. The molecule has 1 nitrogen and oxygen atoms in total. The Kier molecular flexibility index (Phi) is 4.02. The van der Waals surface area contributed by atoms with Crippen molar-refractivity contribution in [2.75, 3.05) is 0 Å². The highest BCUT2D eigenvalue weighted by atomic mass is 16.1. The number of aldehydes is 1. The van der Waals surface area contributed by atoms with E-state index in [1.165, 1.54) is 5.57 Å². The maximum absolute atomic E-state index is 9.92. The minimum atomic E-state index is 0.654. The number of rotatable bonds is 3. The van der Waals surface area contributed by atoms with Crippen LogP contribution in [0.3, 0.4) is 0 Å². The predicted octanol–water partition coefficient (Wildman–Crippen LogP) is 2.18. The van der Waals surface area contributed by atoms with Gasteiger partial charge in [-0.05, 0) is 25.3 Å². The molecule has 0 heterocycles. The van der Waals surface area contributed by atoms with E-state index in [-0.39, 0.29) is 0 Å². The molecule has 0 fully saturated rings. The second-order valence-corrected chi connectivity index (χ2v) is 2.75. The zero-order valence-electron chi connectivity index (χ0n) is 6.35. The fraction of sp³-hybridized carbons (Fsp3) is 0.625. The summed E-state index contributed by atoms with van der Waals surface area (Å²) in [5.41, 5.74) is 1.17. The summed E-state index contributed by atoms with van der Waals surface area (Å²) in [6.45, 7) is 6.26. The number of allylic oxidation sites excluding steroid dienone is 2. The summed E-state index contributed by atoms with van der Waals surface area (Å²) in [5, 5.41) is 0. The first-order valence-corrected chi connectivity index (χ1v) is 3.27. The van der Waals surface area contributed by atoms with E-state index < -0.39 is 0 Å². The molecule has 0 N–H and O–H groups in total. The molecule has 0 aromatic heterocycles. The number of carbonyl (C=O) groups is 1. The molecule has 0 aromatic rings. The van der Waals surface area contributed by atoms with Crippen LogP contribution in [0.2, 0.25) is 0 Å². The molecule has 0 unspecified atom stereocenters. The van der Waals surface area contributed by atoms with Gasteiger partial charge in [0.05, 0.1) is 0 Å². The zero-order chi connectivity index (χ0) is 7.28. The van der Waals surface area contributed by atoms with Crippen LogP contribution in [0, 0.1) is 5.92 Å². The molecule has 0 radical (unpaired) electrons. The van der Waals surface area contributed by atoms with Crippen molar-refractivity contribution < 1.29 is 4.79 Å². The Labute approximate surface area is 56.8 Å². The summed E-state index contributed by atoms with van der Waals surface area (Å²) in [6, 6.07) is 0. The molecule has 0 atom stereocenters. The molecule has 0 rings (SSSR count). The summed E-state index contributed by atoms with van der Waals surface area (Å²) in [7, 11) is 0. The van der Waals surface area contributed by atoms with Crippen LogP contribution in [0.15, 0.2) is 11.6 Å². The highest BCUT2D eigenvalue weighted by Gasteiger charge is 1.93. The van der Waals surface area contributed by atoms with E-state index in [9.17, 15) is 4.79 Å². The van der Waals surface area contributed by atoms with Gasteiger partial charge < -0.3 is 0 Å². The van der Waals surface area contributed by atoms with Crippen LogP contribution < -0.4 is 0 Å². The summed E-state index contributed by atoms with van der Waals surface area (Å²) in [4.78, 5) is 9.92. The molecular formula is C8H14O. The second kappa shape index (κ2) is 4.30. The molecule has 0 spiro atoms. The average Bonchev–Trinajstić information content (AvgIpc) is 1.63. The standard InChI is InChI=1S/C8H14O/c1-7(2)6-8(3)4-5-9/h4-5,7H,6H2,1-3H3/b8-4-. The lowest BCUT2D eigenvalue weighted by atomic mass is 10.0. The van der Waals surface area contributed by atoms with Crippen LogP contribution in [-0.4, -0.2) is 6.29 Å². The molecule has 9 heavy (non-hydrogen) atoms. The number of hydrogen-bond donors (Lipinski definition) is 0. The van der Waals surface area contributed by atoms with Gasteiger partial charge in [-0.2, -0.15) is 0 Å². The van der Waals surface area contributed by atoms with E-state index >= 15 is 0 Å². The lowest BCUT2D eigenvalue weighted by Crippen LogP contribution is -1.87. The first-order valence-electron chi connectivity index (χ1n) is 3.27. The molecule has 0 aliphatic carbocycles. The molecular weight excluding hydrogens is 112 g/mol. The molecule has 0 saturated heterocycles. The fourth-order valence-corrected chi connectivity index (χ4v) is 0.828. The highest BCUT2D eigenvalue weighted by molar-refractivity contribution is 5.65. The van der Waals surface area contributed by atoms with Crippen LogP contribution in [0.25, 0.3) is 0 Å². The Bertz CT molecular complexity index is 112. The molecule has 0 aliphatic heterocycles. The highest BCUT2D eigenvalue weighted by Crippen LogP contribution is 2.07. The van der Waals surface area contributed by atoms with Gasteiger partial charge in [-0.1, -0.05) is 19.4 Å². The smallest absolute Gasteiger partial charge is 0.142 e. The monoisotopic (exact) mass is 126 g/mol. The fourth-order valence-electron chi connectivity index (χ4n) is 0.828. The van der Waals surface area contributed by atoms with Crippen LogP contribution in [0.1, 0.15) is 27.2 Å². The van der Waals surface area contributed by atoms with E-state index in [2.05, 4.69) is 13.8 Å². The minimum absolute atomic E-state index is 0.654. The second-order valence-electron chi connectivity index (χ2n) is 2.75. The predicted molar refractivity (Wildman–Crippen MR) is 39.3 cm³/mol. The van der Waals surface area contributed by atoms with Crippen molar-refractivity contribution in [3.05, 3.63) is 11.6 Å². The van der Waals surface area contributed by atoms with Crippen molar-refractivity contribution >= 4 is 6.29 Å². The zero-order valence-corrected chi connectivity index (χ0v) is 6.35. The van der Waals surface area contributed by atoms with Crippen molar-refractivity contribution in [2.45, 2.75) is 27.2 Å². The van der Waals surface area contributed by atoms with Crippen LogP contribution in [0.4, 0.5) is 0 Å². The van der Waals surface area contributed by atoms with Gasteiger partial charge in [0, 0.05) is 0 Å². The van der Waals surface area contributed by atoms with Crippen LogP contribution in [-0.2, 0) is 4.79 Å². The molecule has 0 aromatic carbocycles. The van der Waals surface area contributed by atoms with E-state index in [4.69, 9.17) is 0 Å². The summed E-state index contributed by atoms with van der Waals surface area (Å²) in [5.74, 6) is 0.654. The SMILES string of the molecule is C/C(=C/C=O)CC(C)C. The van der Waals surface area contributed by atoms with Gasteiger partial charge in [0.15, 0.2) is 0 Å². The number of carbonyl (C=O) groups excluding carboxylic acids is 1. The minimum Gasteiger partial charge on any atom is -0.299 e. The lowest BCUT2D eigenvalue weighted by molar-refractivity contribution is -0.104. The average molecular weight is 126 g/mol. The van der Waals surface area contributed by atoms with Gasteiger partial charge in [-0.25, -0.2) is 0 Å². The normalized spacial score (nSPS) is 12.2. The van der Waals surface area contributed by atoms with Crippen molar-refractivity contribution in [1.29, 1.82) is 0 Å². The van der Waals surface area contributed by atoms with Gasteiger partial charge in [0.25, 0.3) is 0 Å². The topological polar surface area (TPSA) is 17.1 Å². The molecule has 0 amide bonds. The summed E-state index contributed by atoms with van der Waals surface area (Å²) >= 11 is 0. The number of hydrogen-bond acceptors (Lipinski definition) is 1. The maximum atomic E-state index is 9.92. The maximum Gasteiger partial charge on any atom is 0.142 e. The van der Waals surface area contributed by atoms with E-state index in [0.717, 1.165) is 12.7 Å². The van der Waals surface area contributed by atoms with Gasteiger partial charge in [0.1, 0.15) is 6.29 Å². The summed E-state index contributed by atoms with van der Waals surface area (Å²) < 4.78 is 0. The third-order valence-corrected chi connectivity index (χ3v) is 1.08. The van der Waals surface area contributed by atoms with E-state index in [0.29, 0.717) is 5.92 Å². The van der Waals surface area contributed by atoms with Gasteiger partial charge in [-0.3, -0.25) is 4.79 Å². The van der Waals surface area contributed by atoms with Gasteiger partial charge in [-0.15, -0.1) is 0 Å². The van der Waals surface area contributed by atoms with E-state index in [1.807, 2.05) is 6.92 Å². The molecule has 52 valence electrons. The third-order valence-electron chi connectivity index (χ3n) is 1.08. The molecule has 0 saturated carbocycles. The summed E-state index contributed by atoms with van der Waals surface area (Å²) in [6.07, 6.45) is 3.50. The quantitative estimate of drug-likeness (QED) is 0.418. The largest absolute Gasteiger partial charge is 0.299 e. The first kappa shape index (κ1) is 8.41. The Hall–Kier alpha value is -0.590. The molecule has 0 bridgehead atoms. The Morgan fingerprint density at radius 1 is 1.56 bits per heavy atom. The third kappa shape index (κ3) is 5.28. The van der Waals surface area contributed by atoms with Crippen molar-refractivity contribution in [3.8, 4) is 0 Å².